The first kappa shape index (κ1) is 12.2. The summed E-state index contributed by atoms with van der Waals surface area (Å²) in [5.74, 6) is -0.0105. The van der Waals surface area contributed by atoms with Crippen LogP contribution in [-0.2, 0) is 0 Å². The molecule has 0 aliphatic rings. The summed E-state index contributed by atoms with van der Waals surface area (Å²) in [7, 11) is 0. The minimum atomic E-state index is -0.586. The molecule has 0 spiro atoms. The third kappa shape index (κ3) is 2.38. The molecule has 0 aliphatic carbocycles. The maximum absolute atomic E-state index is 11.2. The third-order valence-electron chi connectivity index (χ3n) is 2.10. The number of nitro groups is 1. The molecule has 0 bridgehead atoms. The number of hydrogen-bond acceptors (Lipinski definition) is 6. The van der Waals surface area contributed by atoms with Crippen molar-refractivity contribution in [3.63, 3.8) is 0 Å². The lowest BCUT2D eigenvalue weighted by Gasteiger charge is -1.96. The van der Waals surface area contributed by atoms with E-state index in [2.05, 4.69) is 10.2 Å². The van der Waals surface area contributed by atoms with Gasteiger partial charge in [-0.25, -0.2) is 0 Å². The van der Waals surface area contributed by atoms with Crippen LogP contribution in [-0.4, -0.2) is 20.9 Å². The lowest BCUT2D eigenvalue weighted by molar-refractivity contribution is -0.385. The molecule has 0 aromatic carbocycles. The molecule has 2 rings (SSSR count). The Morgan fingerprint density at radius 2 is 2.28 bits per heavy atom. The molecule has 1 N–H and O–H groups in total. The number of rotatable bonds is 4. The summed E-state index contributed by atoms with van der Waals surface area (Å²) in [5, 5.41) is 17.4. The number of thiophene rings is 1. The Labute approximate surface area is 106 Å². The molecule has 18 heavy (non-hydrogen) atoms. The molecule has 0 saturated carbocycles. The standard InChI is InChI=1S/C10H9N3O4S/c1-5-3-9(12-11-5)17-10-7(13(15)16)4-8(18-10)6(2)14/h3-4H,1-2H3,(H,11,12). The average Bonchev–Trinajstić information content (AvgIpc) is 2.85. The van der Waals surface area contributed by atoms with E-state index in [0.717, 1.165) is 17.0 Å². The van der Waals surface area contributed by atoms with E-state index in [9.17, 15) is 14.9 Å². The maximum atomic E-state index is 11.2. The zero-order chi connectivity index (χ0) is 13.3. The molecule has 2 aromatic heterocycles. The van der Waals surface area contributed by atoms with Gasteiger partial charge in [-0.05, 0) is 13.8 Å². The van der Waals surface area contributed by atoms with Gasteiger partial charge in [0.1, 0.15) is 0 Å². The summed E-state index contributed by atoms with van der Waals surface area (Å²) in [5.41, 5.74) is 0.543. The predicted octanol–water partition coefficient (Wildman–Crippen LogP) is 2.68. The largest absolute Gasteiger partial charge is 0.419 e. The fourth-order valence-electron chi connectivity index (χ4n) is 1.28. The molecule has 2 aromatic rings. The predicted molar refractivity (Wildman–Crippen MR) is 64.4 cm³/mol. The van der Waals surface area contributed by atoms with E-state index in [1.807, 2.05) is 0 Å². The van der Waals surface area contributed by atoms with Gasteiger partial charge >= 0.3 is 5.69 Å². The van der Waals surface area contributed by atoms with Crippen LogP contribution in [0.15, 0.2) is 12.1 Å². The molecule has 0 amide bonds. The van der Waals surface area contributed by atoms with Crippen LogP contribution >= 0.6 is 11.3 Å². The molecule has 0 aliphatic heterocycles. The minimum Gasteiger partial charge on any atom is -0.419 e. The highest BCUT2D eigenvalue weighted by atomic mass is 32.1. The van der Waals surface area contributed by atoms with Crippen molar-refractivity contribution in [3.05, 3.63) is 32.8 Å². The monoisotopic (exact) mass is 267 g/mol. The molecular formula is C10H9N3O4S. The molecule has 0 saturated heterocycles. The van der Waals surface area contributed by atoms with Gasteiger partial charge in [0, 0.05) is 17.8 Å². The van der Waals surface area contributed by atoms with E-state index in [1.165, 1.54) is 13.0 Å². The van der Waals surface area contributed by atoms with Gasteiger partial charge in [-0.3, -0.25) is 20.0 Å². The first-order valence-electron chi connectivity index (χ1n) is 4.96. The highest BCUT2D eigenvalue weighted by Crippen LogP contribution is 2.39. The van der Waals surface area contributed by atoms with Crippen molar-refractivity contribution in [2.75, 3.05) is 0 Å². The Bertz CT molecular complexity index is 616. The Kier molecular flexibility index (Phi) is 3.11. The SMILES string of the molecule is CC(=O)c1cc([N+](=O)[O-])c(Oc2cc(C)[nH]n2)s1. The smallest absolute Gasteiger partial charge is 0.323 e. The molecule has 2 heterocycles. The Morgan fingerprint density at radius 1 is 1.56 bits per heavy atom. The highest BCUT2D eigenvalue weighted by Gasteiger charge is 2.23. The second-order valence-electron chi connectivity index (χ2n) is 3.59. The van der Waals surface area contributed by atoms with Crippen LogP contribution in [0.4, 0.5) is 5.69 Å². The summed E-state index contributed by atoms with van der Waals surface area (Å²) in [6.45, 7) is 3.13. The fourth-order valence-corrected chi connectivity index (χ4v) is 2.16. The lowest BCUT2D eigenvalue weighted by atomic mass is 10.3. The van der Waals surface area contributed by atoms with E-state index in [4.69, 9.17) is 4.74 Å². The van der Waals surface area contributed by atoms with Crippen LogP contribution in [0.5, 0.6) is 10.9 Å². The number of aryl methyl sites for hydroxylation is 1. The molecule has 7 nitrogen and oxygen atoms in total. The number of ether oxygens (including phenoxy) is 1. The van der Waals surface area contributed by atoms with Crippen molar-refractivity contribution >= 4 is 22.8 Å². The maximum Gasteiger partial charge on any atom is 0.323 e. The normalized spacial score (nSPS) is 10.3. The van der Waals surface area contributed by atoms with Gasteiger partial charge in [0.15, 0.2) is 5.78 Å². The van der Waals surface area contributed by atoms with E-state index in [0.29, 0.717) is 0 Å². The molecule has 0 unspecified atom stereocenters. The van der Waals surface area contributed by atoms with Gasteiger partial charge in [-0.1, -0.05) is 11.3 Å². The van der Waals surface area contributed by atoms with Crippen molar-refractivity contribution in [1.29, 1.82) is 0 Å². The van der Waals surface area contributed by atoms with Gasteiger partial charge in [0.2, 0.25) is 5.88 Å². The minimum absolute atomic E-state index is 0.0525. The lowest BCUT2D eigenvalue weighted by Crippen LogP contribution is -1.89. The van der Waals surface area contributed by atoms with E-state index < -0.39 is 4.92 Å². The first-order valence-corrected chi connectivity index (χ1v) is 5.78. The number of nitrogens with zero attached hydrogens (tertiary/aromatic N) is 2. The number of ketones is 1. The summed E-state index contributed by atoms with van der Waals surface area (Å²) in [6.07, 6.45) is 0. The molecular weight excluding hydrogens is 258 g/mol. The zero-order valence-electron chi connectivity index (χ0n) is 9.59. The van der Waals surface area contributed by atoms with Crippen molar-refractivity contribution in [3.8, 4) is 10.9 Å². The number of H-pyrrole nitrogens is 1. The van der Waals surface area contributed by atoms with E-state index in [1.54, 1.807) is 13.0 Å². The number of Topliss-reactive ketones (excluding diaryl/α,β-unsaturated/α-hetero) is 1. The van der Waals surface area contributed by atoms with Crippen molar-refractivity contribution in [1.82, 2.24) is 10.2 Å². The third-order valence-corrected chi connectivity index (χ3v) is 3.21. The number of hydrogen-bond donors (Lipinski definition) is 1. The van der Waals surface area contributed by atoms with Crippen molar-refractivity contribution < 1.29 is 14.5 Å². The van der Waals surface area contributed by atoms with Crippen LogP contribution in [0, 0.1) is 17.0 Å². The van der Waals surface area contributed by atoms with Crippen molar-refractivity contribution in [2.45, 2.75) is 13.8 Å². The number of carbonyl (C=O) groups excluding carboxylic acids is 1. The van der Waals surface area contributed by atoms with Gasteiger partial charge in [0.05, 0.1) is 9.80 Å². The summed E-state index contributed by atoms with van der Waals surface area (Å²) >= 11 is 0.933. The van der Waals surface area contributed by atoms with Gasteiger partial charge in [0.25, 0.3) is 5.06 Å². The number of carbonyl (C=O) groups is 1. The van der Waals surface area contributed by atoms with Crippen LogP contribution in [0.3, 0.4) is 0 Å². The quantitative estimate of drug-likeness (QED) is 0.521. The Balaban J connectivity index is 2.36. The summed E-state index contributed by atoms with van der Waals surface area (Å²) in [4.78, 5) is 21.7. The molecule has 0 fully saturated rings. The van der Waals surface area contributed by atoms with Crippen LogP contribution < -0.4 is 4.74 Å². The number of nitrogens with one attached hydrogen (secondary N) is 1. The molecule has 0 atom stereocenters. The number of aromatic nitrogens is 2. The van der Waals surface area contributed by atoms with Gasteiger partial charge in [-0.15, -0.1) is 5.10 Å². The number of aromatic amines is 1. The van der Waals surface area contributed by atoms with Gasteiger partial charge < -0.3 is 4.74 Å². The zero-order valence-corrected chi connectivity index (χ0v) is 10.4. The molecule has 94 valence electrons. The summed E-state index contributed by atoms with van der Waals surface area (Å²) in [6, 6.07) is 2.82. The van der Waals surface area contributed by atoms with Crippen molar-refractivity contribution in [2.24, 2.45) is 0 Å². The van der Waals surface area contributed by atoms with E-state index >= 15 is 0 Å². The highest BCUT2D eigenvalue weighted by molar-refractivity contribution is 7.16. The van der Waals surface area contributed by atoms with Gasteiger partial charge in [-0.2, -0.15) is 0 Å². The second kappa shape index (κ2) is 4.57. The first-order chi connectivity index (χ1) is 8.47. The van der Waals surface area contributed by atoms with Crippen LogP contribution in [0.25, 0.3) is 0 Å². The van der Waals surface area contributed by atoms with Crippen LogP contribution in [0.2, 0.25) is 0 Å². The topological polar surface area (TPSA) is 98.1 Å². The molecule has 0 radical (unpaired) electrons. The average molecular weight is 267 g/mol. The Hall–Kier alpha value is -2.22. The summed E-state index contributed by atoms with van der Waals surface area (Å²) < 4.78 is 5.30. The van der Waals surface area contributed by atoms with E-state index in [-0.39, 0.29) is 27.3 Å². The Morgan fingerprint density at radius 3 is 2.78 bits per heavy atom. The fraction of sp³-hybridized carbons (Fsp3) is 0.200. The van der Waals surface area contributed by atoms with Crippen LogP contribution in [0.1, 0.15) is 22.3 Å². The second-order valence-corrected chi connectivity index (χ2v) is 4.60. The molecule has 8 heteroatoms.